The van der Waals surface area contributed by atoms with Crippen molar-refractivity contribution in [2.75, 3.05) is 0 Å². The number of aromatic amines is 1. The van der Waals surface area contributed by atoms with E-state index in [4.69, 9.17) is 11.6 Å². The van der Waals surface area contributed by atoms with Gasteiger partial charge in [-0.3, -0.25) is 14.6 Å². The number of benzene rings is 2. The molecule has 0 saturated heterocycles. The van der Waals surface area contributed by atoms with E-state index in [-0.39, 0.29) is 5.56 Å². The molecule has 1 N–H and O–H groups in total. The predicted molar refractivity (Wildman–Crippen MR) is 117 cm³/mol. The number of pyridine rings is 2. The Morgan fingerprint density at radius 2 is 1.86 bits per heavy atom. The molecule has 0 aliphatic rings. The highest BCUT2D eigenvalue weighted by atomic mass is 35.5. The fourth-order valence-corrected chi connectivity index (χ4v) is 3.41. The van der Waals surface area contributed by atoms with Crippen molar-refractivity contribution in [2.45, 2.75) is 6.92 Å². The Morgan fingerprint density at radius 3 is 2.59 bits per heavy atom. The lowest BCUT2D eigenvalue weighted by Crippen LogP contribution is -2.18. The van der Waals surface area contributed by atoms with Crippen LogP contribution in [0.4, 0.5) is 0 Å². The Hall–Kier alpha value is -3.50. The number of aryl methyl sites for hydroxylation is 1. The summed E-state index contributed by atoms with van der Waals surface area (Å²) in [6.07, 6.45) is 4.62. The minimum atomic E-state index is -0.439. The summed E-state index contributed by atoms with van der Waals surface area (Å²) in [5.41, 5.74) is 3.34. The Labute approximate surface area is 172 Å². The number of hydrogen-bond acceptors (Lipinski definition) is 3. The van der Waals surface area contributed by atoms with Gasteiger partial charge in [0.1, 0.15) is 0 Å². The van der Waals surface area contributed by atoms with E-state index in [0.717, 1.165) is 16.5 Å². The van der Waals surface area contributed by atoms with Crippen LogP contribution < -0.4 is 5.56 Å². The first-order chi connectivity index (χ1) is 14.0. The second kappa shape index (κ2) is 7.86. The van der Waals surface area contributed by atoms with Crippen LogP contribution in [0.2, 0.25) is 5.02 Å². The molecule has 0 saturated carbocycles. The van der Waals surface area contributed by atoms with E-state index in [0.29, 0.717) is 21.8 Å². The highest BCUT2D eigenvalue weighted by Crippen LogP contribution is 2.32. The number of hydrogen-bond donors (Lipinski definition) is 1. The number of rotatable bonds is 4. The third kappa shape index (κ3) is 3.89. The van der Waals surface area contributed by atoms with Crippen LogP contribution in [-0.2, 0) is 0 Å². The van der Waals surface area contributed by atoms with Crippen molar-refractivity contribution in [2.24, 2.45) is 0 Å². The highest BCUT2D eigenvalue weighted by molar-refractivity contribution is 6.31. The molecule has 2 aromatic heterocycles. The maximum atomic E-state index is 13.1. The van der Waals surface area contributed by atoms with Crippen LogP contribution in [0.5, 0.6) is 0 Å². The molecule has 4 aromatic rings. The van der Waals surface area contributed by atoms with E-state index in [1.54, 1.807) is 42.6 Å². The van der Waals surface area contributed by atoms with Gasteiger partial charge in [-0.25, -0.2) is 0 Å². The molecular weight excluding hydrogens is 384 g/mol. The highest BCUT2D eigenvalue weighted by Gasteiger charge is 2.19. The van der Waals surface area contributed by atoms with E-state index < -0.39 is 11.3 Å². The lowest BCUT2D eigenvalue weighted by Gasteiger charge is -2.12. The van der Waals surface area contributed by atoms with Gasteiger partial charge in [0.05, 0.1) is 11.3 Å². The van der Waals surface area contributed by atoms with E-state index in [1.807, 2.05) is 37.3 Å². The smallest absolute Gasteiger partial charge is 0.260 e. The van der Waals surface area contributed by atoms with Crippen molar-refractivity contribution < 1.29 is 4.79 Å². The zero-order chi connectivity index (χ0) is 20.4. The molecule has 2 aromatic carbocycles. The Bertz CT molecular complexity index is 1290. The molecular formula is C24H17ClN2O2. The molecule has 29 heavy (non-hydrogen) atoms. The lowest BCUT2D eigenvalue weighted by molar-refractivity contribution is 0.104. The number of ketones is 1. The largest absolute Gasteiger partial charge is 0.321 e. The molecule has 0 amide bonds. The lowest BCUT2D eigenvalue weighted by atomic mass is 9.93. The molecule has 0 spiro atoms. The van der Waals surface area contributed by atoms with Gasteiger partial charge in [0.15, 0.2) is 5.78 Å². The zero-order valence-electron chi connectivity index (χ0n) is 15.6. The van der Waals surface area contributed by atoms with Crippen LogP contribution in [0.3, 0.4) is 0 Å². The number of fused-ring (bicyclic) bond motifs is 1. The molecule has 5 heteroatoms. The Kier molecular flexibility index (Phi) is 5.10. The minimum absolute atomic E-state index is 0.0794. The molecule has 0 unspecified atom stereocenters. The van der Waals surface area contributed by atoms with Crippen molar-refractivity contribution in [3.8, 4) is 11.1 Å². The number of nitrogens with zero attached hydrogens (tertiary/aromatic N) is 1. The predicted octanol–water partition coefficient (Wildman–Crippen LogP) is 5.45. The molecule has 0 radical (unpaired) electrons. The van der Waals surface area contributed by atoms with Gasteiger partial charge < -0.3 is 4.98 Å². The Morgan fingerprint density at radius 1 is 1.07 bits per heavy atom. The van der Waals surface area contributed by atoms with Crippen LogP contribution >= 0.6 is 11.6 Å². The molecule has 0 aliphatic heterocycles. The number of nitrogens with one attached hydrogen (secondary N) is 1. The minimum Gasteiger partial charge on any atom is -0.321 e. The first kappa shape index (κ1) is 18.8. The van der Waals surface area contributed by atoms with E-state index in [2.05, 4.69) is 9.97 Å². The molecule has 0 fully saturated rings. The molecule has 4 nitrogen and oxygen atoms in total. The molecule has 0 aliphatic carbocycles. The standard InChI is InChI=1S/C24H17ClN2O2/c1-15-5-7-16(8-6-15)22-19-14-17(25)9-11-20(19)27-24(29)23(22)21(28)12-10-18-4-2-3-13-26-18/h2-14H,1H3,(H,27,29)/b12-10+. The average Bonchev–Trinajstić information content (AvgIpc) is 2.73. The van der Waals surface area contributed by atoms with Crippen molar-refractivity contribution in [1.82, 2.24) is 9.97 Å². The fraction of sp³-hybridized carbons (Fsp3) is 0.0417. The topological polar surface area (TPSA) is 62.8 Å². The number of carbonyl (C=O) groups excluding carboxylic acids is 1. The summed E-state index contributed by atoms with van der Waals surface area (Å²) in [4.78, 5) is 32.9. The molecule has 0 bridgehead atoms. The molecule has 0 atom stereocenters. The fourth-order valence-electron chi connectivity index (χ4n) is 3.24. The zero-order valence-corrected chi connectivity index (χ0v) is 16.4. The van der Waals surface area contributed by atoms with Crippen LogP contribution in [0.25, 0.3) is 28.1 Å². The second-order valence-corrected chi connectivity index (χ2v) is 7.15. The van der Waals surface area contributed by atoms with Gasteiger partial charge in [-0.05, 0) is 55.0 Å². The van der Waals surface area contributed by atoms with Gasteiger partial charge in [-0.2, -0.15) is 0 Å². The molecule has 4 rings (SSSR count). The normalized spacial score (nSPS) is 11.2. The number of carbonyl (C=O) groups is 1. The molecule has 142 valence electrons. The monoisotopic (exact) mass is 400 g/mol. The SMILES string of the molecule is Cc1ccc(-c2c(C(=O)/C=C/c3ccccn3)c(=O)[nH]c3ccc(Cl)cc23)cc1. The second-order valence-electron chi connectivity index (χ2n) is 6.71. The van der Waals surface area contributed by atoms with Gasteiger partial charge in [-0.15, -0.1) is 0 Å². The number of halogens is 1. The van der Waals surface area contributed by atoms with Crippen molar-refractivity contribution in [3.63, 3.8) is 0 Å². The first-order valence-corrected chi connectivity index (χ1v) is 9.47. The summed E-state index contributed by atoms with van der Waals surface area (Å²) in [5.74, 6) is -0.394. The Balaban J connectivity index is 1.95. The summed E-state index contributed by atoms with van der Waals surface area (Å²) in [6, 6.07) is 18.3. The maximum absolute atomic E-state index is 13.1. The maximum Gasteiger partial charge on any atom is 0.260 e. The van der Waals surface area contributed by atoms with Gasteiger partial charge in [0.2, 0.25) is 0 Å². The van der Waals surface area contributed by atoms with Gasteiger partial charge in [0, 0.05) is 27.7 Å². The van der Waals surface area contributed by atoms with Crippen LogP contribution in [-0.4, -0.2) is 15.8 Å². The summed E-state index contributed by atoms with van der Waals surface area (Å²) in [7, 11) is 0. The number of H-pyrrole nitrogens is 1. The van der Waals surface area contributed by atoms with E-state index >= 15 is 0 Å². The van der Waals surface area contributed by atoms with Crippen molar-refractivity contribution >= 4 is 34.4 Å². The summed E-state index contributed by atoms with van der Waals surface area (Å²) in [5, 5.41) is 1.25. The summed E-state index contributed by atoms with van der Waals surface area (Å²) < 4.78 is 0. The van der Waals surface area contributed by atoms with E-state index in [9.17, 15) is 9.59 Å². The summed E-state index contributed by atoms with van der Waals surface area (Å²) in [6.45, 7) is 1.98. The van der Waals surface area contributed by atoms with Gasteiger partial charge in [-0.1, -0.05) is 47.5 Å². The van der Waals surface area contributed by atoms with Crippen LogP contribution in [0, 0.1) is 6.92 Å². The number of allylic oxidation sites excluding steroid dienone is 1. The number of aromatic nitrogens is 2. The average molecular weight is 401 g/mol. The van der Waals surface area contributed by atoms with Crippen molar-refractivity contribution in [1.29, 1.82) is 0 Å². The van der Waals surface area contributed by atoms with Crippen molar-refractivity contribution in [3.05, 3.63) is 105 Å². The van der Waals surface area contributed by atoms with Gasteiger partial charge >= 0.3 is 0 Å². The van der Waals surface area contributed by atoms with Crippen LogP contribution in [0.1, 0.15) is 21.6 Å². The van der Waals surface area contributed by atoms with Crippen LogP contribution in [0.15, 0.2) is 77.7 Å². The molecule has 2 heterocycles. The third-order valence-corrected chi connectivity index (χ3v) is 4.89. The third-order valence-electron chi connectivity index (χ3n) is 4.66. The quantitative estimate of drug-likeness (QED) is 0.366. The summed E-state index contributed by atoms with van der Waals surface area (Å²) >= 11 is 6.22. The first-order valence-electron chi connectivity index (χ1n) is 9.09. The van der Waals surface area contributed by atoms with E-state index in [1.165, 1.54) is 6.08 Å². The van der Waals surface area contributed by atoms with Gasteiger partial charge in [0.25, 0.3) is 5.56 Å².